The molecular formula is C26H28FN3O2. The molecule has 6 heteroatoms. The smallest absolute Gasteiger partial charge is 0.323 e. The molecule has 1 atom stereocenters. The molecule has 0 saturated carbocycles. The number of anilines is 2. The van der Waals surface area contributed by atoms with Crippen molar-refractivity contribution in [3.8, 4) is 11.5 Å². The van der Waals surface area contributed by atoms with E-state index >= 15 is 4.39 Å². The number of para-hydroxylation sites is 1. The third kappa shape index (κ3) is 5.45. The maximum atomic E-state index is 15.0. The minimum atomic E-state index is -0.484. The molecule has 1 aliphatic carbocycles. The summed E-state index contributed by atoms with van der Waals surface area (Å²) in [5.74, 6) is 1.61. The molecule has 0 heterocycles. The van der Waals surface area contributed by atoms with Crippen LogP contribution in [0.4, 0.5) is 20.6 Å². The topological polar surface area (TPSA) is 53.6 Å². The molecule has 0 aromatic heterocycles. The van der Waals surface area contributed by atoms with Crippen molar-refractivity contribution in [1.29, 1.82) is 0 Å². The molecule has 1 aliphatic rings. The van der Waals surface area contributed by atoms with Gasteiger partial charge in [0, 0.05) is 12.2 Å². The summed E-state index contributed by atoms with van der Waals surface area (Å²) in [5.41, 5.74) is 2.56. The van der Waals surface area contributed by atoms with Gasteiger partial charge in [0.05, 0.1) is 5.69 Å². The summed E-state index contributed by atoms with van der Waals surface area (Å²) in [6.45, 7) is 0.999. The lowest BCUT2D eigenvalue weighted by Crippen LogP contribution is -2.27. The lowest BCUT2D eigenvalue weighted by atomic mass is 9.83. The Kier molecular flexibility index (Phi) is 6.71. The highest BCUT2D eigenvalue weighted by Gasteiger charge is 2.23. The van der Waals surface area contributed by atoms with E-state index in [1.165, 1.54) is 0 Å². The molecule has 3 aromatic carbocycles. The van der Waals surface area contributed by atoms with Crippen LogP contribution in [0.3, 0.4) is 0 Å². The summed E-state index contributed by atoms with van der Waals surface area (Å²) in [4.78, 5) is 14.6. The van der Waals surface area contributed by atoms with Crippen LogP contribution in [-0.2, 0) is 12.8 Å². The van der Waals surface area contributed by atoms with E-state index < -0.39 is 6.03 Å². The Hall–Kier alpha value is -3.38. The Morgan fingerprint density at radius 3 is 2.44 bits per heavy atom. The van der Waals surface area contributed by atoms with E-state index in [1.54, 1.807) is 30.3 Å². The molecule has 2 N–H and O–H groups in total. The number of ether oxygens (including phenoxy) is 1. The van der Waals surface area contributed by atoms with Crippen molar-refractivity contribution in [2.45, 2.75) is 19.3 Å². The maximum Gasteiger partial charge on any atom is 0.323 e. The van der Waals surface area contributed by atoms with E-state index in [1.807, 2.05) is 36.4 Å². The van der Waals surface area contributed by atoms with Gasteiger partial charge < -0.3 is 20.3 Å². The minimum Gasteiger partial charge on any atom is -0.457 e. The largest absolute Gasteiger partial charge is 0.457 e. The molecule has 32 heavy (non-hydrogen) atoms. The Balaban J connectivity index is 1.36. The van der Waals surface area contributed by atoms with Gasteiger partial charge in [-0.3, -0.25) is 0 Å². The van der Waals surface area contributed by atoms with Gasteiger partial charge in [-0.25, -0.2) is 9.18 Å². The average Bonchev–Trinajstić information content (AvgIpc) is 2.77. The first-order valence-corrected chi connectivity index (χ1v) is 10.8. The third-order valence-corrected chi connectivity index (χ3v) is 5.61. The van der Waals surface area contributed by atoms with Crippen LogP contribution in [0.1, 0.15) is 17.5 Å². The van der Waals surface area contributed by atoms with Crippen molar-refractivity contribution in [2.75, 3.05) is 31.3 Å². The zero-order valence-electron chi connectivity index (χ0n) is 18.4. The predicted octanol–water partition coefficient (Wildman–Crippen LogP) is 5.93. The zero-order valence-corrected chi connectivity index (χ0v) is 18.4. The maximum absolute atomic E-state index is 15.0. The Morgan fingerprint density at radius 1 is 1.00 bits per heavy atom. The standard InChI is InChI=1S/C26H28FN3O2/c1-30(2)17-18-8-14-23-19(16-18)9-15-24(25(23)27)29-26(31)28-20-10-12-22(13-11-20)32-21-6-4-3-5-7-21/h3-7,9-13,15,18H,8,14,16-17H2,1-2H3,(H2,28,29,31). The summed E-state index contributed by atoms with van der Waals surface area (Å²) < 4.78 is 20.8. The fraction of sp³-hybridized carbons (Fsp3) is 0.269. The lowest BCUT2D eigenvalue weighted by Gasteiger charge is -2.27. The second-order valence-corrected chi connectivity index (χ2v) is 8.45. The first-order valence-electron chi connectivity index (χ1n) is 10.8. The highest BCUT2D eigenvalue weighted by Crippen LogP contribution is 2.31. The summed E-state index contributed by atoms with van der Waals surface area (Å²) in [6, 6.07) is 19.6. The van der Waals surface area contributed by atoms with Crippen LogP contribution in [0.15, 0.2) is 66.7 Å². The SMILES string of the molecule is CN(C)CC1CCc2c(ccc(NC(=O)Nc3ccc(Oc4ccccc4)cc3)c2F)C1. The second-order valence-electron chi connectivity index (χ2n) is 8.45. The molecule has 0 fully saturated rings. The molecular weight excluding hydrogens is 405 g/mol. The first-order chi connectivity index (χ1) is 15.5. The molecule has 2 amide bonds. The van der Waals surface area contributed by atoms with Crippen LogP contribution < -0.4 is 15.4 Å². The summed E-state index contributed by atoms with van der Waals surface area (Å²) in [7, 11) is 4.12. The minimum absolute atomic E-state index is 0.205. The van der Waals surface area contributed by atoms with E-state index in [4.69, 9.17) is 4.74 Å². The fourth-order valence-electron chi connectivity index (χ4n) is 4.17. The Bertz CT molecular complexity index is 1070. The summed E-state index contributed by atoms with van der Waals surface area (Å²) in [6.07, 6.45) is 2.52. The number of benzene rings is 3. The number of fused-ring (bicyclic) bond motifs is 1. The van der Waals surface area contributed by atoms with Crippen LogP contribution in [0.5, 0.6) is 11.5 Å². The quantitative estimate of drug-likeness (QED) is 0.507. The molecule has 0 spiro atoms. The van der Waals surface area contributed by atoms with Crippen LogP contribution in [-0.4, -0.2) is 31.6 Å². The van der Waals surface area contributed by atoms with Crippen LogP contribution in [0.25, 0.3) is 0 Å². The molecule has 0 saturated heterocycles. The van der Waals surface area contributed by atoms with Crippen molar-refractivity contribution >= 4 is 17.4 Å². The number of hydrogen-bond donors (Lipinski definition) is 2. The predicted molar refractivity (Wildman–Crippen MR) is 126 cm³/mol. The number of hydrogen-bond acceptors (Lipinski definition) is 3. The summed E-state index contributed by atoms with van der Waals surface area (Å²) in [5, 5.41) is 5.38. The van der Waals surface area contributed by atoms with Gasteiger partial charge in [-0.2, -0.15) is 0 Å². The molecule has 1 unspecified atom stereocenters. The number of nitrogens with zero attached hydrogens (tertiary/aromatic N) is 1. The van der Waals surface area contributed by atoms with E-state index in [0.717, 1.165) is 36.3 Å². The number of nitrogens with one attached hydrogen (secondary N) is 2. The molecule has 0 bridgehead atoms. The normalized spacial score (nSPS) is 15.2. The van der Waals surface area contributed by atoms with E-state index in [0.29, 0.717) is 23.8 Å². The zero-order chi connectivity index (χ0) is 22.5. The van der Waals surface area contributed by atoms with Gasteiger partial charge in [-0.05, 0) is 92.9 Å². The van der Waals surface area contributed by atoms with Crippen molar-refractivity contribution in [1.82, 2.24) is 4.90 Å². The van der Waals surface area contributed by atoms with Crippen molar-refractivity contribution < 1.29 is 13.9 Å². The Labute approximate surface area is 188 Å². The lowest BCUT2D eigenvalue weighted by molar-refractivity contribution is 0.262. The van der Waals surface area contributed by atoms with Crippen LogP contribution in [0, 0.1) is 11.7 Å². The van der Waals surface area contributed by atoms with Gasteiger partial charge in [0.2, 0.25) is 0 Å². The van der Waals surface area contributed by atoms with Crippen molar-refractivity contribution in [3.05, 3.63) is 83.7 Å². The van der Waals surface area contributed by atoms with E-state index in [2.05, 4.69) is 29.6 Å². The fourth-order valence-corrected chi connectivity index (χ4v) is 4.17. The van der Waals surface area contributed by atoms with Gasteiger partial charge in [0.15, 0.2) is 0 Å². The molecule has 4 rings (SSSR count). The number of carbonyl (C=O) groups excluding carboxylic acids is 1. The highest BCUT2D eigenvalue weighted by molar-refractivity contribution is 5.99. The number of amides is 2. The van der Waals surface area contributed by atoms with Gasteiger partial charge in [0.1, 0.15) is 17.3 Å². The van der Waals surface area contributed by atoms with Crippen LogP contribution in [0.2, 0.25) is 0 Å². The first kappa shape index (κ1) is 21.8. The third-order valence-electron chi connectivity index (χ3n) is 5.61. The van der Waals surface area contributed by atoms with Gasteiger partial charge in [-0.1, -0.05) is 24.3 Å². The van der Waals surface area contributed by atoms with Gasteiger partial charge in [0.25, 0.3) is 0 Å². The van der Waals surface area contributed by atoms with Crippen molar-refractivity contribution in [2.24, 2.45) is 5.92 Å². The second kappa shape index (κ2) is 9.83. The molecule has 3 aromatic rings. The highest BCUT2D eigenvalue weighted by atomic mass is 19.1. The molecule has 0 radical (unpaired) electrons. The number of rotatable bonds is 6. The molecule has 166 valence electrons. The Morgan fingerprint density at radius 2 is 1.72 bits per heavy atom. The molecule has 0 aliphatic heterocycles. The number of carbonyl (C=O) groups is 1. The van der Waals surface area contributed by atoms with Crippen LogP contribution >= 0.6 is 0 Å². The van der Waals surface area contributed by atoms with Gasteiger partial charge >= 0.3 is 6.03 Å². The van der Waals surface area contributed by atoms with E-state index in [-0.39, 0.29) is 11.5 Å². The van der Waals surface area contributed by atoms with E-state index in [9.17, 15) is 4.79 Å². The number of urea groups is 1. The summed E-state index contributed by atoms with van der Waals surface area (Å²) >= 11 is 0. The van der Waals surface area contributed by atoms with Crippen molar-refractivity contribution in [3.63, 3.8) is 0 Å². The average molecular weight is 434 g/mol. The molecule has 5 nitrogen and oxygen atoms in total. The number of halogens is 1. The van der Waals surface area contributed by atoms with Gasteiger partial charge in [-0.15, -0.1) is 0 Å². The monoisotopic (exact) mass is 433 g/mol.